The van der Waals surface area contributed by atoms with Crippen molar-refractivity contribution in [3.8, 4) is 11.1 Å². The number of nitrogens with two attached hydrogens (primary N) is 1. The molecule has 2 atom stereocenters. The number of nitrogens with zero attached hydrogens (tertiary/aromatic N) is 2. The molecule has 0 radical (unpaired) electrons. The van der Waals surface area contributed by atoms with Gasteiger partial charge in [-0.05, 0) is 68.9 Å². The monoisotopic (exact) mass is 564 g/mol. The Bertz CT molecular complexity index is 1460. The SMILES string of the molecule is C[C@@H]1CN(c2ccc(-c3ccc(F)c(C(N)=O)c3)c(F)c2NC(=O)c2ccc(F)cc2C(F)(F)F)C[C@H](C)N1C. The van der Waals surface area contributed by atoms with Crippen molar-refractivity contribution < 1.29 is 35.9 Å². The largest absolute Gasteiger partial charge is 0.417 e. The standard InChI is InChI=1S/C28H26F6N4O2/c1-14-12-38(13-15(2)37(14)3)23-9-7-18(16-4-8-22(30)20(10-16)26(35)39)24(31)25(23)36-27(40)19-6-5-17(29)11-21(19)28(32,33)34/h4-11,14-15H,12-13H2,1-3H3,(H2,35,39)(H,36,40)/t14-,15+. The average molecular weight is 565 g/mol. The summed E-state index contributed by atoms with van der Waals surface area (Å²) >= 11 is 0. The Balaban J connectivity index is 1.86. The normalized spacial score (nSPS) is 18.1. The van der Waals surface area contributed by atoms with Crippen molar-refractivity contribution in [2.75, 3.05) is 30.4 Å². The predicted octanol–water partition coefficient (Wildman–Crippen LogP) is 5.67. The van der Waals surface area contributed by atoms with Crippen LogP contribution in [-0.2, 0) is 6.18 Å². The maximum Gasteiger partial charge on any atom is 0.417 e. The van der Waals surface area contributed by atoms with Crippen molar-refractivity contribution in [3.63, 3.8) is 0 Å². The summed E-state index contributed by atoms with van der Waals surface area (Å²) < 4.78 is 84.8. The van der Waals surface area contributed by atoms with Crippen LogP contribution in [0.2, 0.25) is 0 Å². The van der Waals surface area contributed by atoms with Gasteiger partial charge >= 0.3 is 6.18 Å². The average Bonchev–Trinajstić information content (AvgIpc) is 2.87. The van der Waals surface area contributed by atoms with Gasteiger partial charge in [0.15, 0.2) is 5.82 Å². The van der Waals surface area contributed by atoms with Gasteiger partial charge in [-0.15, -0.1) is 0 Å². The van der Waals surface area contributed by atoms with E-state index in [4.69, 9.17) is 5.73 Å². The smallest absolute Gasteiger partial charge is 0.367 e. The zero-order valence-corrected chi connectivity index (χ0v) is 21.7. The first-order chi connectivity index (χ1) is 18.7. The number of amides is 2. The van der Waals surface area contributed by atoms with E-state index < -0.39 is 57.8 Å². The number of halogens is 6. The van der Waals surface area contributed by atoms with E-state index >= 15 is 4.39 Å². The fourth-order valence-corrected chi connectivity index (χ4v) is 4.78. The third-order valence-corrected chi connectivity index (χ3v) is 7.13. The second kappa shape index (κ2) is 10.8. The first-order valence-electron chi connectivity index (χ1n) is 12.3. The number of benzene rings is 3. The number of hydrogen-bond donors (Lipinski definition) is 2. The number of piperazine rings is 1. The topological polar surface area (TPSA) is 78.7 Å². The molecule has 1 aliphatic rings. The summed E-state index contributed by atoms with van der Waals surface area (Å²) in [7, 11) is 1.93. The summed E-state index contributed by atoms with van der Waals surface area (Å²) in [6.07, 6.45) is -5.06. The fourth-order valence-electron chi connectivity index (χ4n) is 4.78. The lowest BCUT2D eigenvalue weighted by molar-refractivity contribution is -0.138. The molecule has 0 aromatic heterocycles. The number of anilines is 2. The second-order valence-corrected chi connectivity index (χ2v) is 9.79. The number of primary amides is 1. The molecule has 1 aliphatic heterocycles. The van der Waals surface area contributed by atoms with E-state index in [0.29, 0.717) is 25.2 Å². The summed E-state index contributed by atoms with van der Waals surface area (Å²) in [6, 6.07) is 7.62. The number of likely N-dealkylation sites (N-methyl/N-ethyl adjacent to an activating group) is 1. The maximum atomic E-state index is 16.2. The molecular formula is C28H26F6N4O2. The van der Waals surface area contributed by atoms with E-state index in [-0.39, 0.29) is 35.0 Å². The summed E-state index contributed by atoms with van der Waals surface area (Å²) in [5.41, 5.74) is 1.98. The molecule has 0 bridgehead atoms. The minimum atomic E-state index is -5.06. The molecule has 0 unspecified atom stereocenters. The number of carbonyl (C=O) groups excluding carboxylic acids is 2. The van der Waals surface area contributed by atoms with Gasteiger partial charge in [0.1, 0.15) is 17.3 Å². The van der Waals surface area contributed by atoms with Crippen LogP contribution in [0, 0.1) is 17.5 Å². The molecule has 12 heteroatoms. The maximum absolute atomic E-state index is 16.2. The Morgan fingerprint density at radius 1 is 0.925 bits per heavy atom. The van der Waals surface area contributed by atoms with Gasteiger partial charge in [-0.1, -0.05) is 6.07 Å². The van der Waals surface area contributed by atoms with E-state index in [1.807, 2.05) is 20.9 Å². The van der Waals surface area contributed by atoms with E-state index in [1.165, 1.54) is 18.2 Å². The minimum Gasteiger partial charge on any atom is -0.367 e. The van der Waals surface area contributed by atoms with Crippen molar-refractivity contribution in [2.24, 2.45) is 5.73 Å². The number of alkyl halides is 3. The summed E-state index contributed by atoms with van der Waals surface area (Å²) in [5.74, 6) is -5.53. The molecule has 0 aliphatic carbocycles. The van der Waals surface area contributed by atoms with Gasteiger partial charge in [0.05, 0.1) is 22.4 Å². The molecule has 40 heavy (non-hydrogen) atoms. The predicted molar refractivity (Wildman–Crippen MR) is 139 cm³/mol. The summed E-state index contributed by atoms with van der Waals surface area (Å²) in [6.45, 7) is 4.72. The number of hydrogen-bond acceptors (Lipinski definition) is 4. The van der Waals surface area contributed by atoms with E-state index in [1.54, 1.807) is 4.90 Å². The fraction of sp³-hybridized carbons (Fsp3) is 0.286. The van der Waals surface area contributed by atoms with Crippen LogP contribution < -0.4 is 16.0 Å². The van der Waals surface area contributed by atoms with Crippen LogP contribution in [0.15, 0.2) is 48.5 Å². The van der Waals surface area contributed by atoms with E-state index in [2.05, 4.69) is 10.2 Å². The first-order valence-corrected chi connectivity index (χ1v) is 12.3. The van der Waals surface area contributed by atoms with Crippen LogP contribution in [0.5, 0.6) is 0 Å². The highest BCUT2D eigenvalue weighted by Crippen LogP contribution is 2.39. The second-order valence-electron chi connectivity index (χ2n) is 9.79. The molecule has 0 spiro atoms. The molecule has 1 heterocycles. The number of nitrogens with one attached hydrogen (secondary N) is 1. The highest BCUT2D eigenvalue weighted by Gasteiger charge is 2.36. The van der Waals surface area contributed by atoms with Gasteiger partial charge in [-0.3, -0.25) is 14.5 Å². The van der Waals surface area contributed by atoms with Gasteiger partial charge in [-0.25, -0.2) is 13.2 Å². The molecule has 2 amide bonds. The van der Waals surface area contributed by atoms with Crippen molar-refractivity contribution in [3.05, 3.63) is 82.7 Å². The van der Waals surface area contributed by atoms with Gasteiger partial charge in [0, 0.05) is 30.7 Å². The van der Waals surface area contributed by atoms with Crippen molar-refractivity contribution >= 4 is 23.2 Å². The number of carbonyl (C=O) groups is 2. The van der Waals surface area contributed by atoms with Crippen LogP contribution in [-0.4, -0.2) is 48.9 Å². The number of rotatable bonds is 5. The zero-order valence-electron chi connectivity index (χ0n) is 21.7. The van der Waals surface area contributed by atoms with Crippen molar-refractivity contribution in [2.45, 2.75) is 32.1 Å². The van der Waals surface area contributed by atoms with Gasteiger partial charge in [-0.2, -0.15) is 13.2 Å². The van der Waals surface area contributed by atoms with Crippen molar-refractivity contribution in [1.29, 1.82) is 0 Å². The Kier molecular flexibility index (Phi) is 7.84. The third kappa shape index (κ3) is 5.62. The van der Waals surface area contributed by atoms with Crippen LogP contribution in [0.4, 0.5) is 37.7 Å². The Labute approximate surface area is 226 Å². The quantitative estimate of drug-likeness (QED) is 0.392. The van der Waals surface area contributed by atoms with Crippen LogP contribution in [0.1, 0.15) is 40.1 Å². The Morgan fingerprint density at radius 2 is 1.57 bits per heavy atom. The molecule has 6 nitrogen and oxygen atoms in total. The minimum absolute atomic E-state index is 0.0131. The van der Waals surface area contributed by atoms with E-state index in [9.17, 15) is 31.5 Å². The lowest BCUT2D eigenvalue weighted by Crippen LogP contribution is -2.55. The Hall–Kier alpha value is -4.06. The summed E-state index contributed by atoms with van der Waals surface area (Å²) in [4.78, 5) is 28.7. The molecule has 1 saturated heterocycles. The molecule has 0 saturated carbocycles. The van der Waals surface area contributed by atoms with Crippen LogP contribution in [0.3, 0.4) is 0 Å². The Morgan fingerprint density at radius 3 is 2.17 bits per heavy atom. The van der Waals surface area contributed by atoms with Crippen LogP contribution in [0.25, 0.3) is 11.1 Å². The van der Waals surface area contributed by atoms with Crippen molar-refractivity contribution in [1.82, 2.24) is 4.90 Å². The summed E-state index contributed by atoms with van der Waals surface area (Å²) in [5, 5.41) is 2.27. The van der Waals surface area contributed by atoms with Gasteiger partial charge < -0.3 is 16.0 Å². The molecule has 3 aromatic rings. The highest BCUT2D eigenvalue weighted by atomic mass is 19.4. The first kappa shape index (κ1) is 28.9. The molecule has 4 rings (SSSR count). The molecule has 3 N–H and O–H groups in total. The molecule has 3 aromatic carbocycles. The highest BCUT2D eigenvalue weighted by molar-refractivity contribution is 6.07. The van der Waals surface area contributed by atoms with Crippen LogP contribution >= 0.6 is 0 Å². The third-order valence-electron chi connectivity index (χ3n) is 7.13. The molecular weight excluding hydrogens is 538 g/mol. The molecule has 1 fully saturated rings. The lowest BCUT2D eigenvalue weighted by atomic mass is 9.99. The lowest BCUT2D eigenvalue weighted by Gasteiger charge is -2.44. The zero-order chi connectivity index (χ0) is 29.5. The van der Waals surface area contributed by atoms with Gasteiger partial charge in [0.2, 0.25) is 0 Å². The van der Waals surface area contributed by atoms with Gasteiger partial charge in [0.25, 0.3) is 11.8 Å². The molecule has 212 valence electrons. The van der Waals surface area contributed by atoms with E-state index in [0.717, 1.165) is 12.1 Å².